The molecule has 2 nitrogen and oxygen atoms in total. The number of hydrogen-bond donors (Lipinski definition) is 0. The molecule has 1 atom stereocenters. The Morgan fingerprint density at radius 1 is 0.955 bits per heavy atom. The molecule has 2 aromatic rings. The largest absolute Gasteiger partial charge is 0.296 e. The van der Waals surface area contributed by atoms with E-state index in [9.17, 15) is 0 Å². The van der Waals surface area contributed by atoms with Gasteiger partial charge < -0.3 is 0 Å². The molecule has 0 spiro atoms. The van der Waals surface area contributed by atoms with Crippen LogP contribution in [0.5, 0.6) is 0 Å². The molecule has 3 rings (SSSR count). The van der Waals surface area contributed by atoms with Gasteiger partial charge in [-0.15, -0.1) is 6.58 Å². The smallest absolute Gasteiger partial charge is 0.0479 e. The van der Waals surface area contributed by atoms with Crippen molar-refractivity contribution < 1.29 is 0 Å². The van der Waals surface area contributed by atoms with Crippen LogP contribution in [0.4, 0.5) is 0 Å². The van der Waals surface area contributed by atoms with Gasteiger partial charge in [0.05, 0.1) is 0 Å². The van der Waals surface area contributed by atoms with Crippen LogP contribution in [-0.2, 0) is 6.54 Å². The Morgan fingerprint density at radius 3 is 2.32 bits per heavy atom. The van der Waals surface area contributed by atoms with Gasteiger partial charge in [-0.3, -0.25) is 9.80 Å². The van der Waals surface area contributed by atoms with Gasteiger partial charge in [-0.2, -0.15) is 0 Å². The Hall–Kier alpha value is -1.90. The van der Waals surface area contributed by atoms with Crippen LogP contribution in [0.2, 0.25) is 0 Å². The Labute approximate surface area is 133 Å². The molecule has 2 aromatic carbocycles. The molecule has 0 aliphatic carbocycles. The molecule has 0 N–H and O–H groups in total. The molecule has 1 unspecified atom stereocenters. The number of benzene rings is 2. The zero-order valence-corrected chi connectivity index (χ0v) is 13.1. The number of piperazine rings is 1. The van der Waals surface area contributed by atoms with E-state index in [0.717, 1.165) is 32.7 Å². The summed E-state index contributed by atoms with van der Waals surface area (Å²) in [4.78, 5) is 5.09. The highest BCUT2D eigenvalue weighted by Gasteiger charge is 2.27. The highest BCUT2D eigenvalue weighted by Crippen LogP contribution is 2.26. The monoisotopic (exact) mass is 292 g/mol. The summed E-state index contributed by atoms with van der Waals surface area (Å²) in [6, 6.07) is 22.1. The summed E-state index contributed by atoms with van der Waals surface area (Å²) in [5, 5.41) is 0. The standard InChI is InChI=1S/C20H24N2/c1-2-13-22-15-14-21(16-18-9-5-3-6-10-18)17-20(22)19-11-7-4-8-12-19/h2-12,20H,1,13-17H2. The van der Waals surface area contributed by atoms with Crippen LogP contribution < -0.4 is 0 Å². The van der Waals surface area contributed by atoms with Crippen molar-refractivity contribution in [1.29, 1.82) is 0 Å². The van der Waals surface area contributed by atoms with Crippen LogP contribution in [0.15, 0.2) is 73.3 Å². The van der Waals surface area contributed by atoms with Crippen molar-refractivity contribution in [2.24, 2.45) is 0 Å². The maximum absolute atomic E-state index is 3.91. The minimum atomic E-state index is 0.455. The van der Waals surface area contributed by atoms with Crippen molar-refractivity contribution in [1.82, 2.24) is 9.80 Å². The van der Waals surface area contributed by atoms with Gasteiger partial charge in [-0.1, -0.05) is 66.7 Å². The van der Waals surface area contributed by atoms with Gasteiger partial charge in [0, 0.05) is 38.8 Å². The third-order valence-corrected chi connectivity index (χ3v) is 4.37. The summed E-state index contributed by atoms with van der Waals surface area (Å²) in [5.74, 6) is 0. The summed E-state index contributed by atoms with van der Waals surface area (Å²) in [7, 11) is 0. The second kappa shape index (κ2) is 7.39. The summed E-state index contributed by atoms with van der Waals surface area (Å²) in [6.07, 6.45) is 2.02. The molecular weight excluding hydrogens is 268 g/mol. The molecule has 0 amide bonds. The van der Waals surface area contributed by atoms with Crippen LogP contribution in [-0.4, -0.2) is 36.0 Å². The van der Waals surface area contributed by atoms with E-state index in [4.69, 9.17) is 0 Å². The normalized spacial score (nSPS) is 19.9. The summed E-state index contributed by atoms with van der Waals surface area (Å²) < 4.78 is 0. The second-order valence-corrected chi connectivity index (χ2v) is 5.93. The van der Waals surface area contributed by atoms with Crippen LogP contribution in [0.3, 0.4) is 0 Å². The van der Waals surface area contributed by atoms with Crippen LogP contribution in [0, 0.1) is 0 Å². The first-order valence-corrected chi connectivity index (χ1v) is 8.03. The molecule has 1 saturated heterocycles. The SMILES string of the molecule is C=CCN1CCN(Cc2ccccc2)CC1c1ccccc1. The molecule has 2 heteroatoms. The lowest BCUT2D eigenvalue weighted by molar-refractivity contribution is 0.0789. The summed E-state index contributed by atoms with van der Waals surface area (Å²) >= 11 is 0. The first-order chi connectivity index (χ1) is 10.9. The van der Waals surface area contributed by atoms with Crippen molar-refractivity contribution in [2.75, 3.05) is 26.2 Å². The third-order valence-electron chi connectivity index (χ3n) is 4.37. The molecular formula is C20H24N2. The lowest BCUT2D eigenvalue weighted by Crippen LogP contribution is -2.47. The topological polar surface area (TPSA) is 6.48 Å². The second-order valence-electron chi connectivity index (χ2n) is 5.93. The van der Waals surface area contributed by atoms with E-state index in [1.807, 2.05) is 6.08 Å². The van der Waals surface area contributed by atoms with Gasteiger partial charge >= 0.3 is 0 Å². The summed E-state index contributed by atoms with van der Waals surface area (Å²) in [6.45, 7) is 9.19. The van der Waals surface area contributed by atoms with E-state index in [-0.39, 0.29) is 0 Å². The van der Waals surface area contributed by atoms with Crippen molar-refractivity contribution >= 4 is 0 Å². The van der Waals surface area contributed by atoms with Crippen molar-refractivity contribution in [2.45, 2.75) is 12.6 Å². The van der Waals surface area contributed by atoms with Crippen LogP contribution >= 0.6 is 0 Å². The molecule has 1 aliphatic rings. The van der Waals surface area contributed by atoms with Gasteiger partial charge in [-0.05, 0) is 11.1 Å². The van der Waals surface area contributed by atoms with E-state index in [0.29, 0.717) is 6.04 Å². The number of hydrogen-bond acceptors (Lipinski definition) is 2. The quantitative estimate of drug-likeness (QED) is 0.775. The minimum Gasteiger partial charge on any atom is -0.296 e. The van der Waals surface area contributed by atoms with Crippen LogP contribution in [0.25, 0.3) is 0 Å². The predicted octanol–water partition coefficient (Wildman–Crippen LogP) is 3.73. The van der Waals surface area contributed by atoms with E-state index < -0.39 is 0 Å². The van der Waals surface area contributed by atoms with Gasteiger partial charge in [-0.25, -0.2) is 0 Å². The van der Waals surface area contributed by atoms with E-state index in [1.54, 1.807) is 0 Å². The van der Waals surface area contributed by atoms with Crippen molar-refractivity contribution in [3.05, 3.63) is 84.4 Å². The van der Waals surface area contributed by atoms with Crippen molar-refractivity contribution in [3.8, 4) is 0 Å². The predicted molar refractivity (Wildman–Crippen MR) is 92.7 cm³/mol. The van der Waals surface area contributed by atoms with Crippen LogP contribution in [0.1, 0.15) is 17.2 Å². The number of nitrogens with zero attached hydrogens (tertiary/aromatic N) is 2. The Morgan fingerprint density at radius 2 is 1.64 bits per heavy atom. The van der Waals surface area contributed by atoms with Gasteiger partial charge in [0.25, 0.3) is 0 Å². The molecule has 1 aliphatic heterocycles. The Bertz CT molecular complexity index is 579. The lowest BCUT2D eigenvalue weighted by Gasteiger charge is -2.41. The van der Waals surface area contributed by atoms with E-state index in [1.165, 1.54) is 11.1 Å². The first-order valence-electron chi connectivity index (χ1n) is 8.03. The van der Waals surface area contributed by atoms with E-state index >= 15 is 0 Å². The Balaban J connectivity index is 1.73. The highest BCUT2D eigenvalue weighted by atomic mass is 15.3. The molecule has 22 heavy (non-hydrogen) atoms. The molecule has 0 saturated carbocycles. The molecule has 1 heterocycles. The fraction of sp³-hybridized carbons (Fsp3) is 0.300. The Kier molecular flexibility index (Phi) is 5.04. The molecule has 114 valence electrons. The number of rotatable bonds is 5. The zero-order chi connectivity index (χ0) is 15.2. The molecule has 1 fully saturated rings. The van der Waals surface area contributed by atoms with Gasteiger partial charge in [0.15, 0.2) is 0 Å². The molecule has 0 radical (unpaired) electrons. The average Bonchev–Trinajstić information content (AvgIpc) is 2.58. The zero-order valence-electron chi connectivity index (χ0n) is 13.1. The third kappa shape index (κ3) is 3.65. The maximum atomic E-state index is 3.91. The highest BCUT2D eigenvalue weighted by molar-refractivity contribution is 5.21. The van der Waals surface area contributed by atoms with Gasteiger partial charge in [0.2, 0.25) is 0 Å². The minimum absolute atomic E-state index is 0.455. The van der Waals surface area contributed by atoms with Crippen molar-refractivity contribution in [3.63, 3.8) is 0 Å². The fourth-order valence-electron chi connectivity index (χ4n) is 3.24. The first kappa shape index (κ1) is 15.0. The van der Waals surface area contributed by atoms with E-state index in [2.05, 4.69) is 77.0 Å². The average molecular weight is 292 g/mol. The van der Waals surface area contributed by atoms with Gasteiger partial charge in [0.1, 0.15) is 0 Å². The molecule has 0 aromatic heterocycles. The fourth-order valence-corrected chi connectivity index (χ4v) is 3.24. The lowest BCUT2D eigenvalue weighted by atomic mass is 10.0. The summed E-state index contributed by atoms with van der Waals surface area (Å²) in [5.41, 5.74) is 2.80. The molecule has 0 bridgehead atoms. The maximum Gasteiger partial charge on any atom is 0.0479 e.